The zero-order chi connectivity index (χ0) is 15.0. The number of nitrogens with one attached hydrogen (secondary N) is 1. The van der Waals surface area contributed by atoms with Gasteiger partial charge in [-0.3, -0.25) is 0 Å². The molecule has 0 radical (unpaired) electrons. The first-order valence-corrected chi connectivity index (χ1v) is 8.00. The van der Waals surface area contributed by atoms with E-state index >= 15 is 0 Å². The van der Waals surface area contributed by atoms with E-state index in [0.717, 1.165) is 30.6 Å². The second kappa shape index (κ2) is 8.62. The van der Waals surface area contributed by atoms with E-state index in [2.05, 4.69) is 17.2 Å². The molecule has 0 bridgehead atoms. The summed E-state index contributed by atoms with van der Waals surface area (Å²) < 4.78 is 37.6. The molecule has 0 aromatic carbocycles. The van der Waals surface area contributed by atoms with Crippen LogP contribution in [0.1, 0.15) is 67.8 Å². The Kier molecular flexibility index (Phi) is 7.51. The van der Waals surface area contributed by atoms with Crippen LogP contribution in [0.2, 0.25) is 0 Å². The van der Waals surface area contributed by atoms with Gasteiger partial charge in [0.25, 0.3) is 0 Å². The zero-order valence-electron chi connectivity index (χ0n) is 12.1. The highest BCUT2D eigenvalue weighted by atomic mass is 32.1. The molecule has 0 aliphatic carbocycles. The van der Waals surface area contributed by atoms with Gasteiger partial charge in [-0.25, -0.2) is 4.98 Å². The van der Waals surface area contributed by atoms with Gasteiger partial charge in [-0.1, -0.05) is 45.4 Å². The highest BCUT2D eigenvalue weighted by molar-refractivity contribution is 7.11. The Labute approximate surface area is 122 Å². The standard InChI is InChI=1S/C14H23F3N2S/c1-3-4-5-6-7-8-9-11(18-2)12-10-19-13(20-12)14(15,16)17/h10-11,18H,3-9H2,1-2H3. The molecule has 1 aromatic rings. The molecule has 1 N–H and O–H groups in total. The summed E-state index contributed by atoms with van der Waals surface area (Å²) in [6.45, 7) is 2.18. The van der Waals surface area contributed by atoms with Gasteiger partial charge in [0.1, 0.15) is 0 Å². The number of aromatic nitrogens is 1. The van der Waals surface area contributed by atoms with Crippen molar-refractivity contribution in [1.82, 2.24) is 10.3 Å². The largest absolute Gasteiger partial charge is 0.443 e. The lowest BCUT2D eigenvalue weighted by molar-refractivity contribution is -0.137. The summed E-state index contributed by atoms with van der Waals surface area (Å²) in [5.41, 5.74) is 0. The SMILES string of the molecule is CCCCCCCCC(NC)c1cnc(C(F)(F)F)s1. The van der Waals surface area contributed by atoms with Crippen molar-refractivity contribution in [2.24, 2.45) is 0 Å². The molecule has 2 nitrogen and oxygen atoms in total. The molecule has 0 fully saturated rings. The van der Waals surface area contributed by atoms with Crippen molar-refractivity contribution in [2.75, 3.05) is 7.05 Å². The van der Waals surface area contributed by atoms with Crippen molar-refractivity contribution in [3.05, 3.63) is 16.1 Å². The smallest absolute Gasteiger partial charge is 0.312 e. The van der Waals surface area contributed by atoms with Gasteiger partial charge in [0.15, 0.2) is 5.01 Å². The molecule has 0 spiro atoms. The number of hydrogen-bond donors (Lipinski definition) is 1. The first kappa shape index (κ1) is 17.4. The van der Waals surface area contributed by atoms with Crippen LogP contribution in [0.15, 0.2) is 6.20 Å². The van der Waals surface area contributed by atoms with Gasteiger partial charge >= 0.3 is 6.18 Å². The summed E-state index contributed by atoms with van der Waals surface area (Å²) >= 11 is 0.746. The van der Waals surface area contributed by atoms with Crippen molar-refractivity contribution < 1.29 is 13.2 Å². The summed E-state index contributed by atoms with van der Waals surface area (Å²) in [6, 6.07) is -0.0187. The average molecular weight is 308 g/mol. The minimum Gasteiger partial charge on any atom is -0.312 e. The highest BCUT2D eigenvalue weighted by Crippen LogP contribution is 2.35. The maximum atomic E-state index is 12.5. The fraction of sp³-hybridized carbons (Fsp3) is 0.786. The molecule has 20 heavy (non-hydrogen) atoms. The maximum absolute atomic E-state index is 12.5. The van der Waals surface area contributed by atoms with Gasteiger partial charge in [-0.2, -0.15) is 13.2 Å². The van der Waals surface area contributed by atoms with Crippen LogP contribution in [0, 0.1) is 0 Å². The van der Waals surface area contributed by atoms with Crippen LogP contribution in [0.5, 0.6) is 0 Å². The van der Waals surface area contributed by atoms with Crippen LogP contribution in [0.25, 0.3) is 0 Å². The Morgan fingerprint density at radius 2 is 1.85 bits per heavy atom. The fourth-order valence-electron chi connectivity index (χ4n) is 2.14. The number of hydrogen-bond acceptors (Lipinski definition) is 3. The third-order valence-corrected chi connectivity index (χ3v) is 4.46. The second-order valence-electron chi connectivity index (χ2n) is 4.96. The molecule has 0 aliphatic heterocycles. The normalized spacial score (nSPS) is 13.7. The third-order valence-electron chi connectivity index (χ3n) is 3.30. The van der Waals surface area contributed by atoms with Gasteiger partial charge in [0.05, 0.1) is 0 Å². The zero-order valence-corrected chi connectivity index (χ0v) is 12.9. The van der Waals surface area contributed by atoms with E-state index in [-0.39, 0.29) is 6.04 Å². The van der Waals surface area contributed by atoms with Crippen molar-refractivity contribution in [3.63, 3.8) is 0 Å². The molecule has 0 saturated heterocycles. The molecular formula is C14H23F3N2S. The van der Waals surface area contributed by atoms with Gasteiger partial charge in [0, 0.05) is 17.1 Å². The average Bonchev–Trinajstić information content (AvgIpc) is 2.87. The minimum absolute atomic E-state index is 0.0187. The summed E-state index contributed by atoms with van der Waals surface area (Å²) in [6.07, 6.45) is 5.01. The van der Waals surface area contributed by atoms with Crippen molar-refractivity contribution in [2.45, 2.75) is 64.1 Å². The highest BCUT2D eigenvalue weighted by Gasteiger charge is 2.35. The molecule has 116 valence electrons. The first-order chi connectivity index (χ1) is 9.49. The monoisotopic (exact) mass is 308 g/mol. The predicted molar refractivity (Wildman–Crippen MR) is 76.9 cm³/mol. The molecule has 1 unspecified atom stereocenters. The summed E-state index contributed by atoms with van der Waals surface area (Å²) in [5, 5.41) is 2.33. The third kappa shape index (κ3) is 5.79. The van der Waals surface area contributed by atoms with Crippen LogP contribution >= 0.6 is 11.3 Å². The van der Waals surface area contributed by atoms with Crippen LogP contribution in [0.3, 0.4) is 0 Å². The lowest BCUT2D eigenvalue weighted by Gasteiger charge is -2.13. The topological polar surface area (TPSA) is 24.9 Å². The number of rotatable bonds is 9. The predicted octanol–water partition coefficient (Wildman–Crippen LogP) is 5.17. The van der Waals surface area contributed by atoms with E-state index in [1.165, 1.54) is 31.9 Å². The molecule has 1 rings (SSSR count). The quantitative estimate of drug-likeness (QED) is 0.636. The van der Waals surface area contributed by atoms with Gasteiger partial charge in [0.2, 0.25) is 0 Å². The van der Waals surface area contributed by atoms with E-state index in [1.54, 1.807) is 7.05 Å². The Morgan fingerprint density at radius 1 is 1.20 bits per heavy atom. The van der Waals surface area contributed by atoms with Gasteiger partial charge in [-0.05, 0) is 13.5 Å². The lowest BCUT2D eigenvalue weighted by atomic mass is 10.1. The molecule has 1 atom stereocenters. The fourth-order valence-corrected chi connectivity index (χ4v) is 3.06. The minimum atomic E-state index is -4.33. The molecule has 0 amide bonds. The summed E-state index contributed by atoms with van der Waals surface area (Å²) in [7, 11) is 1.79. The Morgan fingerprint density at radius 3 is 2.40 bits per heavy atom. The van der Waals surface area contributed by atoms with Crippen LogP contribution < -0.4 is 5.32 Å². The number of alkyl halides is 3. The molecule has 6 heteroatoms. The second-order valence-corrected chi connectivity index (χ2v) is 6.03. The number of nitrogens with zero attached hydrogens (tertiary/aromatic N) is 1. The Bertz CT molecular complexity index is 377. The van der Waals surface area contributed by atoms with Gasteiger partial charge < -0.3 is 5.32 Å². The van der Waals surface area contributed by atoms with E-state index in [1.807, 2.05) is 0 Å². The molecule has 1 aromatic heterocycles. The summed E-state index contributed by atoms with van der Waals surface area (Å²) in [4.78, 5) is 4.15. The summed E-state index contributed by atoms with van der Waals surface area (Å²) in [5.74, 6) is 0. The van der Waals surface area contributed by atoms with Crippen LogP contribution in [0.4, 0.5) is 13.2 Å². The maximum Gasteiger partial charge on any atom is 0.443 e. The van der Waals surface area contributed by atoms with Crippen LogP contribution in [-0.4, -0.2) is 12.0 Å². The molecule has 0 saturated carbocycles. The Hall–Kier alpha value is -0.620. The van der Waals surface area contributed by atoms with E-state index in [9.17, 15) is 13.2 Å². The van der Waals surface area contributed by atoms with Crippen LogP contribution in [-0.2, 0) is 6.18 Å². The van der Waals surface area contributed by atoms with E-state index in [0.29, 0.717) is 4.88 Å². The first-order valence-electron chi connectivity index (χ1n) is 7.19. The lowest BCUT2D eigenvalue weighted by Crippen LogP contribution is -2.15. The number of unbranched alkanes of at least 4 members (excludes halogenated alkanes) is 5. The van der Waals surface area contributed by atoms with Crippen molar-refractivity contribution >= 4 is 11.3 Å². The molecular weight excluding hydrogens is 285 g/mol. The number of thiazole rings is 1. The van der Waals surface area contributed by atoms with E-state index < -0.39 is 11.2 Å². The number of halogens is 3. The van der Waals surface area contributed by atoms with E-state index in [4.69, 9.17) is 0 Å². The Balaban J connectivity index is 2.40. The van der Waals surface area contributed by atoms with Gasteiger partial charge in [-0.15, -0.1) is 11.3 Å². The van der Waals surface area contributed by atoms with Crippen molar-refractivity contribution in [1.29, 1.82) is 0 Å². The molecule has 1 heterocycles. The van der Waals surface area contributed by atoms with Crippen molar-refractivity contribution in [3.8, 4) is 0 Å². The molecule has 0 aliphatic rings.